The maximum Gasteiger partial charge on any atom is 0.201 e. The Morgan fingerprint density at radius 3 is 2.68 bits per heavy atom. The highest BCUT2D eigenvalue weighted by molar-refractivity contribution is 6.32. The molecule has 0 saturated heterocycles. The molecule has 1 aliphatic heterocycles. The zero-order valence-corrected chi connectivity index (χ0v) is 14.3. The van der Waals surface area contributed by atoms with E-state index < -0.39 is 11.6 Å². The van der Waals surface area contributed by atoms with Crippen LogP contribution in [0.4, 0.5) is 8.78 Å². The topological polar surface area (TPSA) is 51.0 Å². The lowest BCUT2D eigenvalue weighted by atomic mass is 9.86. The Labute approximate surface area is 147 Å². The van der Waals surface area contributed by atoms with Crippen LogP contribution < -0.4 is 0 Å². The third-order valence-corrected chi connectivity index (χ3v) is 4.48. The predicted molar refractivity (Wildman–Crippen MR) is 92.1 cm³/mol. The average Bonchev–Trinajstić information content (AvgIpc) is 2.58. The van der Waals surface area contributed by atoms with E-state index in [0.717, 1.165) is 17.2 Å². The van der Waals surface area contributed by atoms with Crippen LogP contribution >= 0.6 is 11.6 Å². The van der Waals surface area contributed by atoms with E-state index in [1.54, 1.807) is 0 Å². The number of aliphatic imine (C=N–C) groups is 1. The second kappa shape index (κ2) is 5.52. The van der Waals surface area contributed by atoms with Gasteiger partial charge in [0, 0.05) is 10.6 Å². The zero-order chi connectivity index (χ0) is 17.8. The van der Waals surface area contributed by atoms with E-state index >= 15 is 0 Å². The first-order valence-corrected chi connectivity index (χ1v) is 8.10. The fourth-order valence-corrected chi connectivity index (χ4v) is 3.26. The van der Waals surface area contributed by atoms with Crippen LogP contribution in [0.5, 0.6) is 0 Å². The molecule has 7 heteroatoms. The van der Waals surface area contributed by atoms with Gasteiger partial charge in [-0.15, -0.1) is 10.2 Å². The number of hydrogen-bond donors (Lipinski definition) is 0. The number of rotatable bonds is 1. The molecule has 0 spiro atoms. The van der Waals surface area contributed by atoms with Gasteiger partial charge in [0.25, 0.3) is 0 Å². The lowest BCUT2D eigenvalue weighted by molar-refractivity contribution is 0.512. The SMILES string of the molecule is CC1(C)Cc2c(Cl)cccc2C(c2nnc3c(F)c(F)ccc3n2)=N1. The average molecular weight is 359 g/mol. The normalized spacial score (nSPS) is 15.8. The van der Waals surface area contributed by atoms with Crippen molar-refractivity contribution in [1.82, 2.24) is 15.2 Å². The molecule has 0 unspecified atom stereocenters. The third-order valence-electron chi connectivity index (χ3n) is 4.13. The summed E-state index contributed by atoms with van der Waals surface area (Å²) >= 11 is 6.35. The van der Waals surface area contributed by atoms with Crippen LogP contribution in [0.2, 0.25) is 5.02 Å². The molecule has 0 fully saturated rings. The molecule has 4 rings (SSSR count). The van der Waals surface area contributed by atoms with Gasteiger partial charge in [0.15, 0.2) is 17.2 Å². The second-order valence-electron chi connectivity index (χ2n) is 6.58. The Morgan fingerprint density at radius 2 is 1.88 bits per heavy atom. The highest BCUT2D eigenvalue weighted by Crippen LogP contribution is 2.33. The molecule has 0 bridgehead atoms. The van der Waals surface area contributed by atoms with Crippen molar-refractivity contribution in [1.29, 1.82) is 0 Å². The summed E-state index contributed by atoms with van der Waals surface area (Å²) in [6, 6.07) is 7.95. The first kappa shape index (κ1) is 16.0. The Bertz CT molecular complexity index is 1050. The first-order chi connectivity index (χ1) is 11.9. The van der Waals surface area contributed by atoms with Gasteiger partial charge < -0.3 is 0 Å². The molecule has 0 amide bonds. The van der Waals surface area contributed by atoms with Crippen molar-refractivity contribution < 1.29 is 8.78 Å². The summed E-state index contributed by atoms with van der Waals surface area (Å²) < 4.78 is 27.2. The summed E-state index contributed by atoms with van der Waals surface area (Å²) in [7, 11) is 0. The van der Waals surface area contributed by atoms with Crippen LogP contribution in [0, 0.1) is 11.6 Å². The number of aromatic nitrogens is 3. The van der Waals surface area contributed by atoms with Crippen molar-refractivity contribution in [2.24, 2.45) is 4.99 Å². The van der Waals surface area contributed by atoms with Crippen LogP contribution in [-0.2, 0) is 6.42 Å². The number of hydrogen-bond acceptors (Lipinski definition) is 4. The molecule has 0 atom stereocenters. The van der Waals surface area contributed by atoms with E-state index in [1.165, 1.54) is 6.07 Å². The monoisotopic (exact) mass is 358 g/mol. The maximum absolute atomic E-state index is 13.8. The summed E-state index contributed by atoms with van der Waals surface area (Å²) in [5, 5.41) is 8.46. The Kier molecular flexibility index (Phi) is 3.54. The van der Waals surface area contributed by atoms with Gasteiger partial charge in [0.2, 0.25) is 5.82 Å². The molecule has 126 valence electrons. The van der Waals surface area contributed by atoms with Crippen LogP contribution in [0.1, 0.15) is 30.8 Å². The van der Waals surface area contributed by atoms with E-state index in [9.17, 15) is 8.78 Å². The fourth-order valence-electron chi connectivity index (χ4n) is 3.01. The molecule has 25 heavy (non-hydrogen) atoms. The molecule has 2 aromatic carbocycles. The number of nitrogens with zero attached hydrogens (tertiary/aromatic N) is 4. The Morgan fingerprint density at radius 1 is 1.08 bits per heavy atom. The molecule has 4 nitrogen and oxygen atoms in total. The van der Waals surface area contributed by atoms with E-state index in [1.807, 2.05) is 32.0 Å². The Balaban J connectivity index is 1.94. The van der Waals surface area contributed by atoms with Gasteiger partial charge in [-0.2, -0.15) is 0 Å². The lowest BCUT2D eigenvalue weighted by Crippen LogP contribution is -2.30. The predicted octanol–water partition coefficient (Wildman–Crippen LogP) is 4.13. The molecule has 3 aromatic rings. The highest BCUT2D eigenvalue weighted by Gasteiger charge is 2.30. The minimum Gasteiger partial charge on any atom is -0.274 e. The highest BCUT2D eigenvalue weighted by atomic mass is 35.5. The first-order valence-electron chi connectivity index (χ1n) is 7.72. The second-order valence-corrected chi connectivity index (χ2v) is 6.99. The largest absolute Gasteiger partial charge is 0.274 e. The van der Waals surface area contributed by atoms with Crippen molar-refractivity contribution in [2.45, 2.75) is 25.8 Å². The molecule has 2 heterocycles. The maximum atomic E-state index is 13.8. The Hall–Kier alpha value is -2.47. The van der Waals surface area contributed by atoms with Gasteiger partial charge in [0.05, 0.1) is 11.1 Å². The number of halogens is 3. The molecular weight excluding hydrogens is 346 g/mol. The number of benzene rings is 2. The minimum atomic E-state index is -1.06. The minimum absolute atomic E-state index is 0.203. The van der Waals surface area contributed by atoms with Crippen molar-refractivity contribution in [3.8, 4) is 0 Å². The van der Waals surface area contributed by atoms with Gasteiger partial charge in [-0.25, -0.2) is 13.8 Å². The fraction of sp³-hybridized carbons (Fsp3) is 0.222. The van der Waals surface area contributed by atoms with E-state index in [4.69, 9.17) is 16.6 Å². The van der Waals surface area contributed by atoms with Crippen molar-refractivity contribution in [3.63, 3.8) is 0 Å². The quantitative estimate of drug-likeness (QED) is 0.657. The number of fused-ring (bicyclic) bond motifs is 2. The molecule has 0 radical (unpaired) electrons. The van der Waals surface area contributed by atoms with Gasteiger partial charge in [-0.05, 0) is 44.0 Å². The van der Waals surface area contributed by atoms with Gasteiger partial charge >= 0.3 is 0 Å². The molecule has 0 aliphatic carbocycles. The van der Waals surface area contributed by atoms with Crippen molar-refractivity contribution >= 4 is 28.3 Å². The van der Waals surface area contributed by atoms with Crippen molar-refractivity contribution in [2.75, 3.05) is 0 Å². The lowest BCUT2D eigenvalue weighted by Gasteiger charge is -2.29. The zero-order valence-electron chi connectivity index (χ0n) is 13.5. The molecule has 0 N–H and O–H groups in total. The van der Waals surface area contributed by atoms with Crippen LogP contribution in [0.3, 0.4) is 0 Å². The summed E-state index contributed by atoms with van der Waals surface area (Å²) in [5.41, 5.74) is 1.97. The van der Waals surface area contributed by atoms with Gasteiger partial charge in [0.1, 0.15) is 5.71 Å². The summed E-state index contributed by atoms with van der Waals surface area (Å²) in [4.78, 5) is 9.08. The van der Waals surface area contributed by atoms with Crippen LogP contribution in [-0.4, -0.2) is 26.4 Å². The molecule has 1 aromatic heterocycles. The summed E-state index contributed by atoms with van der Waals surface area (Å²) in [6.45, 7) is 3.98. The smallest absolute Gasteiger partial charge is 0.201 e. The summed E-state index contributed by atoms with van der Waals surface area (Å²) in [5.74, 6) is -1.78. The standard InChI is InChI=1S/C18H13ClF2N4/c1-18(2)8-10-9(4-3-5-11(10)19)15(23-18)17-22-13-7-6-12(20)14(21)16(13)24-25-17/h3-7H,8H2,1-2H3. The van der Waals surface area contributed by atoms with Crippen LogP contribution in [0.15, 0.2) is 35.3 Å². The molecule has 0 saturated carbocycles. The van der Waals surface area contributed by atoms with E-state index in [2.05, 4.69) is 15.2 Å². The van der Waals surface area contributed by atoms with Gasteiger partial charge in [-0.1, -0.05) is 23.7 Å². The third kappa shape index (κ3) is 2.66. The molecule has 1 aliphatic rings. The van der Waals surface area contributed by atoms with E-state index in [-0.39, 0.29) is 22.4 Å². The van der Waals surface area contributed by atoms with Gasteiger partial charge in [-0.3, -0.25) is 4.99 Å². The van der Waals surface area contributed by atoms with E-state index in [0.29, 0.717) is 17.2 Å². The molecular formula is C18H13ClF2N4. The van der Waals surface area contributed by atoms with Crippen LogP contribution in [0.25, 0.3) is 11.0 Å². The van der Waals surface area contributed by atoms with Crippen molar-refractivity contribution in [3.05, 3.63) is 63.9 Å². The summed E-state index contributed by atoms with van der Waals surface area (Å²) in [6.07, 6.45) is 0.687.